The van der Waals surface area contributed by atoms with E-state index >= 15 is 0 Å². The van der Waals surface area contributed by atoms with Crippen LogP contribution in [0, 0.1) is 5.82 Å². The Bertz CT molecular complexity index is 482. The Hall–Kier alpha value is -0.930. The highest BCUT2D eigenvalue weighted by Gasteiger charge is 2.39. The lowest BCUT2D eigenvalue weighted by Gasteiger charge is -2.41. The van der Waals surface area contributed by atoms with Gasteiger partial charge in [-0.25, -0.2) is 4.39 Å². The van der Waals surface area contributed by atoms with E-state index in [0.717, 1.165) is 25.9 Å². The normalized spacial score (nSPS) is 12.0. The molecule has 21 heavy (non-hydrogen) atoms. The van der Waals surface area contributed by atoms with Crippen molar-refractivity contribution in [3.8, 4) is 0 Å². The Morgan fingerprint density at radius 1 is 1.19 bits per heavy atom. The molecule has 1 aromatic carbocycles. The Labute approximate surface area is 132 Å². The predicted molar refractivity (Wildman–Crippen MR) is 86.4 cm³/mol. The highest BCUT2D eigenvalue weighted by molar-refractivity contribution is 6.30. The van der Waals surface area contributed by atoms with Crippen LogP contribution >= 0.6 is 11.6 Å². The third kappa shape index (κ3) is 3.64. The van der Waals surface area contributed by atoms with E-state index in [1.54, 1.807) is 12.1 Å². The summed E-state index contributed by atoms with van der Waals surface area (Å²) in [5, 5.41) is 0.0711. The second-order valence-corrected chi connectivity index (χ2v) is 5.63. The zero-order chi connectivity index (χ0) is 16.0. The largest absolute Gasteiger partial charge is 0.297 e. The summed E-state index contributed by atoms with van der Waals surface area (Å²) >= 11 is 5.80. The van der Waals surface area contributed by atoms with Crippen molar-refractivity contribution in [1.29, 1.82) is 0 Å². The van der Waals surface area contributed by atoms with Crippen molar-refractivity contribution in [2.75, 3.05) is 13.1 Å². The number of likely N-dealkylation sites (N-methyl/N-ethyl adjacent to an activating group) is 1. The van der Waals surface area contributed by atoms with E-state index in [2.05, 4.69) is 18.7 Å². The maximum Gasteiger partial charge on any atom is 0.157 e. The molecule has 0 aliphatic rings. The molecule has 0 saturated heterocycles. The zero-order valence-electron chi connectivity index (χ0n) is 13.4. The molecule has 0 amide bonds. The average molecular weight is 314 g/mol. The molecular weight excluding hydrogens is 289 g/mol. The molecule has 0 aromatic heterocycles. The summed E-state index contributed by atoms with van der Waals surface area (Å²) in [4.78, 5) is 15.0. The molecule has 0 heterocycles. The van der Waals surface area contributed by atoms with Crippen LogP contribution in [0.1, 0.15) is 46.1 Å². The first kappa shape index (κ1) is 18.1. The first-order valence-electron chi connectivity index (χ1n) is 7.67. The topological polar surface area (TPSA) is 20.3 Å². The minimum Gasteiger partial charge on any atom is -0.297 e. The number of carbonyl (C=O) groups is 1. The van der Waals surface area contributed by atoms with Gasteiger partial charge in [0.25, 0.3) is 0 Å². The molecule has 1 aromatic rings. The van der Waals surface area contributed by atoms with E-state index in [-0.39, 0.29) is 17.2 Å². The van der Waals surface area contributed by atoms with Crippen LogP contribution in [-0.2, 0) is 11.2 Å². The summed E-state index contributed by atoms with van der Waals surface area (Å²) in [7, 11) is 0. The van der Waals surface area contributed by atoms with Crippen LogP contribution in [0.3, 0.4) is 0 Å². The van der Waals surface area contributed by atoms with Crippen molar-refractivity contribution in [2.45, 2.75) is 52.5 Å². The number of hydrogen-bond donors (Lipinski definition) is 0. The van der Waals surface area contributed by atoms with Gasteiger partial charge in [0.15, 0.2) is 5.78 Å². The van der Waals surface area contributed by atoms with Gasteiger partial charge in [-0.2, -0.15) is 0 Å². The molecule has 0 fully saturated rings. The Morgan fingerprint density at radius 2 is 1.76 bits per heavy atom. The number of hydrogen-bond acceptors (Lipinski definition) is 2. The monoisotopic (exact) mass is 313 g/mol. The lowest BCUT2D eigenvalue weighted by molar-refractivity contribution is -0.131. The lowest BCUT2D eigenvalue weighted by Crippen LogP contribution is -2.54. The Balaban J connectivity index is 3.10. The van der Waals surface area contributed by atoms with Crippen LogP contribution in [0.25, 0.3) is 0 Å². The third-order valence-corrected chi connectivity index (χ3v) is 4.73. The first-order chi connectivity index (χ1) is 9.96. The minimum absolute atomic E-state index is 0.0670. The maximum atomic E-state index is 14.0. The van der Waals surface area contributed by atoms with Gasteiger partial charge in [-0.05, 0) is 37.6 Å². The number of halogens is 2. The molecule has 2 nitrogen and oxygen atoms in total. The van der Waals surface area contributed by atoms with Gasteiger partial charge in [0, 0.05) is 6.42 Å². The fourth-order valence-electron chi connectivity index (χ4n) is 3.12. The highest BCUT2D eigenvalue weighted by Crippen LogP contribution is 2.28. The molecule has 0 unspecified atom stereocenters. The molecule has 0 aliphatic heterocycles. The maximum absolute atomic E-state index is 14.0. The van der Waals surface area contributed by atoms with Gasteiger partial charge in [-0.3, -0.25) is 9.69 Å². The fourth-order valence-corrected chi connectivity index (χ4v) is 3.31. The van der Waals surface area contributed by atoms with Gasteiger partial charge < -0.3 is 0 Å². The van der Waals surface area contributed by atoms with E-state index in [1.807, 2.05) is 13.8 Å². The second kappa shape index (κ2) is 7.90. The number of benzene rings is 1. The SMILES string of the molecule is CCN(CC)C(CC)(CC)C(=O)Cc1cccc(Cl)c1F. The van der Waals surface area contributed by atoms with E-state index in [4.69, 9.17) is 11.6 Å². The van der Waals surface area contributed by atoms with Crippen LogP contribution < -0.4 is 0 Å². The summed E-state index contributed by atoms with van der Waals surface area (Å²) in [6, 6.07) is 4.82. The van der Waals surface area contributed by atoms with E-state index in [0.29, 0.717) is 5.56 Å². The molecule has 0 spiro atoms. The smallest absolute Gasteiger partial charge is 0.157 e. The summed E-state index contributed by atoms with van der Waals surface area (Å²) < 4.78 is 14.0. The predicted octanol–water partition coefficient (Wildman–Crippen LogP) is 4.49. The summed E-state index contributed by atoms with van der Waals surface area (Å²) in [6.07, 6.45) is 1.54. The second-order valence-electron chi connectivity index (χ2n) is 5.22. The number of rotatable bonds is 8. The summed E-state index contributed by atoms with van der Waals surface area (Å²) in [5.41, 5.74) is -0.135. The van der Waals surface area contributed by atoms with Gasteiger partial charge >= 0.3 is 0 Å². The molecular formula is C17H25ClFNO. The number of nitrogens with zero attached hydrogens (tertiary/aromatic N) is 1. The van der Waals surface area contributed by atoms with Gasteiger partial charge in [0.05, 0.1) is 10.6 Å². The van der Waals surface area contributed by atoms with Crippen molar-refractivity contribution < 1.29 is 9.18 Å². The summed E-state index contributed by atoms with van der Waals surface area (Å²) in [6.45, 7) is 9.76. The Morgan fingerprint density at radius 3 is 2.24 bits per heavy atom. The molecule has 0 saturated carbocycles. The molecule has 4 heteroatoms. The first-order valence-corrected chi connectivity index (χ1v) is 8.05. The van der Waals surface area contributed by atoms with Gasteiger partial charge in [-0.1, -0.05) is 51.4 Å². The Kier molecular flexibility index (Phi) is 6.82. The molecule has 0 atom stereocenters. The van der Waals surface area contributed by atoms with Crippen molar-refractivity contribution in [2.24, 2.45) is 0 Å². The average Bonchev–Trinajstić information content (AvgIpc) is 2.49. The minimum atomic E-state index is -0.516. The van der Waals surface area contributed by atoms with Crippen LogP contribution in [0.5, 0.6) is 0 Å². The van der Waals surface area contributed by atoms with Crippen LogP contribution in [0.2, 0.25) is 5.02 Å². The molecule has 0 aliphatic carbocycles. The van der Waals surface area contributed by atoms with E-state index in [1.165, 1.54) is 6.07 Å². The lowest BCUT2D eigenvalue weighted by atomic mass is 9.83. The molecule has 0 N–H and O–H groups in total. The molecule has 0 bridgehead atoms. The van der Waals surface area contributed by atoms with Gasteiger partial charge in [-0.15, -0.1) is 0 Å². The summed E-state index contributed by atoms with van der Waals surface area (Å²) in [5.74, 6) is -0.412. The van der Waals surface area contributed by atoms with Crippen molar-refractivity contribution >= 4 is 17.4 Å². The van der Waals surface area contributed by atoms with Crippen molar-refractivity contribution in [3.05, 3.63) is 34.6 Å². The molecule has 118 valence electrons. The number of ketones is 1. The third-order valence-electron chi connectivity index (χ3n) is 4.44. The van der Waals surface area contributed by atoms with Crippen LogP contribution in [0.15, 0.2) is 18.2 Å². The van der Waals surface area contributed by atoms with Crippen LogP contribution in [-0.4, -0.2) is 29.3 Å². The van der Waals surface area contributed by atoms with E-state index < -0.39 is 11.4 Å². The van der Waals surface area contributed by atoms with Crippen LogP contribution in [0.4, 0.5) is 4.39 Å². The number of Topliss-reactive ketones (excluding diaryl/α,β-unsaturated/α-hetero) is 1. The highest BCUT2D eigenvalue weighted by atomic mass is 35.5. The van der Waals surface area contributed by atoms with Crippen molar-refractivity contribution in [1.82, 2.24) is 4.90 Å². The van der Waals surface area contributed by atoms with Gasteiger partial charge in [0.2, 0.25) is 0 Å². The molecule has 0 radical (unpaired) electrons. The standard InChI is InChI=1S/C17H25ClFNO/c1-5-17(6-2,20(7-3)8-4)15(21)12-13-10-9-11-14(18)16(13)19/h9-11H,5-8,12H2,1-4H3. The quantitative estimate of drug-likeness (QED) is 0.704. The van der Waals surface area contributed by atoms with Gasteiger partial charge in [0.1, 0.15) is 5.82 Å². The van der Waals surface area contributed by atoms with E-state index in [9.17, 15) is 9.18 Å². The van der Waals surface area contributed by atoms with Crippen molar-refractivity contribution in [3.63, 3.8) is 0 Å². The molecule has 1 rings (SSSR count). The number of carbonyl (C=O) groups excluding carboxylic acids is 1. The fraction of sp³-hybridized carbons (Fsp3) is 0.588. The zero-order valence-corrected chi connectivity index (χ0v) is 14.1.